The van der Waals surface area contributed by atoms with Crippen molar-refractivity contribution in [2.24, 2.45) is 0 Å². The molecule has 2 aliphatic heterocycles. The van der Waals surface area contributed by atoms with E-state index in [1.165, 1.54) is 11.3 Å². The molecule has 1 N–H and O–H groups in total. The number of thiazole rings is 1. The van der Waals surface area contributed by atoms with Gasteiger partial charge in [-0.2, -0.15) is 4.98 Å². The van der Waals surface area contributed by atoms with E-state index in [2.05, 4.69) is 9.88 Å². The molecule has 8 nitrogen and oxygen atoms in total. The topological polar surface area (TPSA) is 91.9 Å². The third-order valence-corrected chi connectivity index (χ3v) is 6.34. The molecule has 158 valence electrons. The zero-order valence-electron chi connectivity index (χ0n) is 17.2. The van der Waals surface area contributed by atoms with Crippen LogP contribution in [0.1, 0.15) is 33.6 Å². The lowest BCUT2D eigenvalue weighted by molar-refractivity contribution is 0.0120. The van der Waals surface area contributed by atoms with Gasteiger partial charge in [0, 0.05) is 30.2 Å². The van der Waals surface area contributed by atoms with Gasteiger partial charge in [0.1, 0.15) is 16.1 Å². The number of aromatic hydroxyl groups is 1. The summed E-state index contributed by atoms with van der Waals surface area (Å²) in [6.07, 6.45) is 3.34. The predicted molar refractivity (Wildman–Crippen MR) is 114 cm³/mol. The van der Waals surface area contributed by atoms with E-state index in [1.807, 2.05) is 37.1 Å². The van der Waals surface area contributed by atoms with Gasteiger partial charge in [0.05, 0.1) is 12.1 Å². The maximum atomic E-state index is 12.7. The van der Waals surface area contributed by atoms with Crippen molar-refractivity contribution in [2.75, 3.05) is 18.0 Å². The van der Waals surface area contributed by atoms with Crippen molar-refractivity contribution in [3.8, 4) is 16.3 Å². The first-order chi connectivity index (χ1) is 14.3. The van der Waals surface area contributed by atoms with Gasteiger partial charge in [-0.05, 0) is 45.7 Å². The molecule has 1 aromatic carbocycles. The summed E-state index contributed by atoms with van der Waals surface area (Å²) in [7, 11) is 0. The predicted octanol–water partition coefficient (Wildman–Crippen LogP) is 4.25. The first-order valence-corrected chi connectivity index (χ1v) is 11.0. The van der Waals surface area contributed by atoms with Crippen LogP contribution in [0.2, 0.25) is 0 Å². The van der Waals surface area contributed by atoms with Crippen molar-refractivity contribution >= 4 is 34.5 Å². The number of hydrogen-bond acceptors (Lipinski definition) is 8. The number of rotatable bonds is 2. The molecule has 2 atom stereocenters. The van der Waals surface area contributed by atoms with Crippen LogP contribution in [0, 0.1) is 0 Å². The molecule has 3 aromatic rings. The van der Waals surface area contributed by atoms with Gasteiger partial charge in [-0.15, -0.1) is 11.3 Å². The van der Waals surface area contributed by atoms with Crippen LogP contribution < -0.4 is 4.90 Å². The Bertz CT molecular complexity index is 1070. The highest BCUT2D eigenvalue weighted by atomic mass is 32.1. The van der Waals surface area contributed by atoms with Crippen LogP contribution in [-0.4, -0.2) is 56.8 Å². The standard InChI is InChI=1S/C21H24N4O4S/c1-21(2,3)29-20(27)25-12-4-5-13(25)11-24(10-12)19-23-16-14(18-22-8-9-30-18)6-7-15(26)17(16)28-19/h6-9,12-13,26H,4-5,10-11H2,1-3H3. The molecule has 2 aliphatic rings. The average molecular weight is 429 g/mol. The van der Waals surface area contributed by atoms with Crippen LogP contribution in [0.25, 0.3) is 21.7 Å². The molecule has 9 heteroatoms. The van der Waals surface area contributed by atoms with Gasteiger partial charge < -0.3 is 19.2 Å². The average Bonchev–Trinajstić information content (AvgIpc) is 3.39. The number of benzene rings is 1. The number of carbonyl (C=O) groups is 1. The number of ether oxygens (including phenoxy) is 1. The molecule has 2 aromatic heterocycles. The van der Waals surface area contributed by atoms with Gasteiger partial charge in [0.2, 0.25) is 0 Å². The van der Waals surface area contributed by atoms with Gasteiger partial charge in [0.25, 0.3) is 6.01 Å². The summed E-state index contributed by atoms with van der Waals surface area (Å²) < 4.78 is 11.6. The molecule has 0 aliphatic carbocycles. The summed E-state index contributed by atoms with van der Waals surface area (Å²) in [6.45, 7) is 6.89. The van der Waals surface area contributed by atoms with Crippen LogP contribution in [-0.2, 0) is 4.74 Å². The molecular formula is C21H24N4O4S. The summed E-state index contributed by atoms with van der Waals surface area (Å²) in [5, 5.41) is 13.0. The number of oxazole rings is 1. The molecule has 0 spiro atoms. The van der Waals surface area contributed by atoms with Gasteiger partial charge in [-0.1, -0.05) is 0 Å². The number of aromatic nitrogens is 2. The minimum absolute atomic E-state index is 0.0550. The largest absolute Gasteiger partial charge is 0.504 e. The summed E-state index contributed by atoms with van der Waals surface area (Å²) in [6, 6.07) is 4.00. The lowest BCUT2D eigenvalue weighted by Crippen LogP contribution is -2.56. The number of phenols is 1. The highest BCUT2D eigenvalue weighted by molar-refractivity contribution is 7.13. The number of piperazine rings is 1. The molecule has 1 amide bonds. The summed E-state index contributed by atoms with van der Waals surface area (Å²) in [5.74, 6) is 0.0550. The third-order valence-electron chi connectivity index (χ3n) is 5.53. The maximum Gasteiger partial charge on any atom is 0.410 e. The quantitative estimate of drug-likeness (QED) is 0.652. The molecular weight excluding hydrogens is 404 g/mol. The Kier molecular flexibility index (Phi) is 4.39. The van der Waals surface area contributed by atoms with Crippen LogP contribution in [0.3, 0.4) is 0 Å². The zero-order chi connectivity index (χ0) is 21.0. The van der Waals surface area contributed by atoms with E-state index in [-0.39, 0.29) is 23.9 Å². The summed E-state index contributed by atoms with van der Waals surface area (Å²) in [4.78, 5) is 25.7. The lowest BCUT2D eigenvalue weighted by Gasteiger charge is -2.40. The van der Waals surface area contributed by atoms with Crippen LogP contribution >= 0.6 is 11.3 Å². The molecule has 0 radical (unpaired) electrons. The molecule has 2 fully saturated rings. The molecule has 2 saturated heterocycles. The van der Waals surface area contributed by atoms with Gasteiger partial charge in [0.15, 0.2) is 11.3 Å². The molecule has 30 heavy (non-hydrogen) atoms. The second-order valence-electron chi connectivity index (χ2n) is 8.82. The number of amides is 1. The number of phenolic OH excluding ortho intramolecular Hbond substituents is 1. The van der Waals surface area contributed by atoms with E-state index in [9.17, 15) is 9.90 Å². The van der Waals surface area contributed by atoms with Gasteiger partial charge in [-0.3, -0.25) is 4.90 Å². The monoisotopic (exact) mass is 428 g/mol. The van der Waals surface area contributed by atoms with E-state index in [0.717, 1.165) is 23.4 Å². The minimum Gasteiger partial charge on any atom is -0.504 e. The molecule has 2 bridgehead atoms. The van der Waals surface area contributed by atoms with Crippen molar-refractivity contribution in [3.63, 3.8) is 0 Å². The van der Waals surface area contributed by atoms with Crippen LogP contribution in [0.15, 0.2) is 28.1 Å². The zero-order valence-corrected chi connectivity index (χ0v) is 18.0. The second-order valence-corrected chi connectivity index (χ2v) is 9.72. The Balaban J connectivity index is 1.43. The van der Waals surface area contributed by atoms with Crippen molar-refractivity contribution in [3.05, 3.63) is 23.7 Å². The van der Waals surface area contributed by atoms with Crippen LogP contribution in [0.5, 0.6) is 5.75 Å². The number of anilines is 1. The number of carbonyl (C=O) groups excluding carboxylic acids is 1. The van der Waals surface area contributed by atoms with Crippen molar-refractivity contribution in [2.45, 2.75) is 51.3 Å². The van der Waals surface area contributed by atoms with E-state index < -0.39 is 5.60 Å². The maximum absolute atomic E-state index is 12.7. The van der Waals surface area contributed by atoms with Crippen molar-refractivity contribution in [1.29, 1.82) is 0 Å². The summed E-state index contributed by atoms with van der Waals surface area (Å²) >= 11 is 1.51. The normalized spacial score (nSPS) is 21.4. The number of fused-ring (bicyclic) bond motifs is 3. The third kappa shape index (κ3) is 3.27. The van der Waals surface area contributed by atoms with Gasteiger partial charge in [-0.25, -0.2) is 9.78 Å². The van der Waals surface area contributed by atoms with E-state index >= 15 is 0 Å². The highest BCUT2D eigenvalue weighted by Gasteiger charge is 2.45. The van der Waals surface area contributed by atoms with E-state index in [4.69, 9.17) is 14.1 Å². The Labute approximate surface area is 178 Å². The lowest BCUT2D eigenvalue weighted by atomic mass is 10.2. The smallest absolute Gasteiger partial charge is 0.410 e. The van der Waals surface area contributed by atoms with E-state index in [1.54, 1.807) is 12.3 Å². The van der Waals surface area contributed by atoms with Crippen molar-refractivity contribution in [1.82, 2.24) is 14.9 Å². The fourth-order valence-electron chi connectivity index (χ4n) is 4.32. The highest BCUT2D eigenvalue weighted by Crippen LogP contribution is 2.39. The second kappa shape index (κ2) is 6.87. The Morgan fingerprint density at radius 2 is 2.00 bits per heavy atom. The minimum atomic E-state index is -0.516. The first kappa shape index (κ1) is 19.2. The summed E-state index contributed by atoms with van der Waals surface area (Å²) in [5.41, 5.74) is 1.28. The van der Waals surface area contributed by atoms with E-state index in [0.29, 0.717) is 30.2 Å². The molecule has 4 heterocycles. The molecule has 2 unspecified atom stereocenters. The fraction of sp³-hybridized carbons (Fsp3) is 0.476. The first-order valence-electron chi connectivity index (χ1n) is 10.1. The number of hydrogen-bond donors (Lipinski definition) is 1. The molecule has 0 saturated carbocycles. The van der Waals surface area contributed by atoms with Crippen LogP contribution in [0.4, 0.5) is 10.8 Å². The Morgan fingerprint density at radius 1 is 1.27 bits per heavy atom. The van der Waals surface area contributed by atoms with Crippen molar-refractivity contribution < 1.29 is 19.1 Å². The Hall–Kier alpha value is -2.81. The SMILES string of the molecule is CC(C)(C)OC(=O)N1C2CCC1CN(c1nc3c(-c4nccs4)ccc(O)c3o1)C2. The Morgan fingerprint density at radius 3 is 2.63 bits per heavy atom. The molecule has 5 rings (SSSR count). The number of nitrogens with zero attached hydrogens (tertiary/aromatic N) is 4. The fourth-order valence-corrected chi connectivity index (χ4v) is 4.98. The van der Waals surface area contributed by atoms with Gasteiger partial charge >= 0.3 is 6.09 Å².